The summed E-state index contributed by atoms with van der Waals surface area (Å²) in [4.78, 5) is 1.45. The zero-order valence-corrected chi connectivity index (χ0v) is 16.4. The Hall–Kier alpha value is 0.580. The summed E-state index contributed by atoms with van der Waals surface area (Å²) in [6, 6.07) is 2.75. The van der Waals surface area contributed by atoms with Gasteiger partial charge in [0.15, 0.2) is 0 Å². The Labute approximate surface area is 148 Å². The Bertz CT molecular complexity index is 467. The fourth-order valence-electron chi connectivity index (χ4n) is 3.59. The maximum absolute atomic E-state index is 6.11. The molecule has 1 saturated heterocycles. The summed E-state index contributed by atoms with van der Waals surface area (Å²) in [5.41, 5.74) is 0.223. The highest BCUT2D eigenvalue weighted by molar-refractivity contribution is 9.13. The average Bonchev–Trinajstić information content (AvgIpc) is 2.77. The van der Waals surface area contributed by atoms with Crippen molar-refractivity contribution < 1.29 is 4.74 Å². The van der Waals surface area contributed by atoms with Gasteiger partial charge in [0.2, 0.25) is 0 Å². The van der Waals surface area contributed by atoms with Crippen LogP contribution in [0, 0.1) is 5.92 Å². The first-order valence-corrected chi connectivity index (χ1v) is 10.4. The first-order chi connectivity index (χ1) is 10.1. The standard InChI is InChI=1S/C16H23Br2NOS/c1-2-7-19-14(13-9-12(17)15(18)21-13)11-4-8-20-16(10-11)5-3-6-16/h9,11,14,19H,2-8,10H2,1H3. The van der Waals surface area contributed by atoms with E-state index in [1.165, 1.54) is 51.7 Å². The SMILES string of the molecule is CCCNC(c1cc(Br)c(Br)s1)C1CCOC2(CCC2)C1. The Morgan fingerprint density at radius 2 is 2.29 bits per heavy atom. The predicted octanol–water partition coefficient (Wildman–Crippen LogP) is 5.66. The third-order valence-corrected chi connectivity index (χ3v) is 8.19. The summed E-state index contributed by atoms with van der Waals surface area (Å²) in [7, 11) is 0. The van der Waals surface area contributed by atoms with Crippen LogP contribution in [0.1, 0.15) is 56.4 Å². The van der Waals surface area contributed by atoms with Gasteiger partial charge in [-0.3, -0.25) is 0 Å². The lowest BCUT2D eigenvalue weighted by Gasteiger charge is -2.48. The molecule has 2 fully saturated rings. The lowest BCUT2D eigenvalue weighted by atomic mass is 9.70. The van der Waals surface area contributed by atoms with Gasteiger partial charge in [-0.1, -0.05) is 6.92 Å². The van der Waals surface area contributed by atoms with Gasteiger partial charge in [0.1, 0.15) is 0 Å². The van der Waals surface area contributed by atoms with Crippen LogP contribution in [0.25, 0.3) is 0 Å². The Balaban J connectivity index is 1.77. The van der Waals surface area contributed by atoms with Crippen LogP contribution in [0.15, 0.2) is 14.3 Å². The molecule has 1 aromatic heterocycles. The molecule has 1 aliphatic heterocycles. The van der Waals surface area contributed by atoms with Crippen LogP contribution in [0.5, 0.6) is 0 Å². The molecule has 2 heterocycles. The van der Waals surface area contributed by atoms with Crippen molar-refractivity contribution in [2.45, 2.75) is 57.1 Å². The molecule has 2 aliphatic rings. The van der Waals surface area contributed by atoms with E-state index in [1.807, 2.05) is 11.3 Å². The van der Waals surface area contributed by atoms with Gasteiger partial charge in [-0.15, -0.1) is 11.3 Å². The van der Waals surface area contributed by atoms with Crippen LogP contribution in [-0.4, -0.2) is 18.8 Å². The van der Waals surface area contributed by atoms with E-state index < -0.39 is 0 Å². The lowest BCUT2D eigenvalue weighted by molar-refractivity contribution is -0.147. The molecular weight excluding hydrogens is 414 g/mol. The molecule has 118 valence electrons. The normalized spacial score (nSPS) is 25.8. The Morgan fingerprint density at radius 3 is 2.86 bits per heavy atom. The second-order valence-electron chi connectivity index (χ2n) is 6.34. The maximum Gasteiger partial charge on any atom is 0.0843 e. The molecule has 1 spiro atoms. The number of rotatable bonds is 5. The first kappa shape index (κ1) is 16.4. The van der Waals surface area contributed by atoms with Crippen molar-refractivity contribution in [1.29, 1.82) is 0 Å². The van der Waals surface area contributed by atoms with E-state index in [0.29, 0.717) is 12.0 Å². The van der Waals surface area contributed by atoms with Gasteiger partial charge in [0, 0.05) is 22.0 Å². The second kappa shape index (κ2) is 7.00. The molecule has 2 atom stereocenters. The maximum atomic E-state index is 6.11. The van der Waals surface area contributed by atoms with Crippen molar-refractivity contribution in [3.8, 4) is 0 Å². The van der Waals surface area contributed by atoms with Gasteiger partial charge in [0.25, 0.3) is 0 Å². The van der Waals surface area contributed by atoms with Crippen LogP contribution < -0.4 is 5.32 Å². The zero-order valence-electron chi connectivity index (χ0n) is 12.5. The van der Waals surface area contributed by atoms with Gasteiger partial charge in [-0.05, 0) is 88.9 Å². The minimum Gasteiger partial charge on any atom is -0.375 e. The highest BCUT2D eigenvalue weighted by atomic mass is 79.9. The van der Waals surface area contributed by atoms with E-state index in [-0.39, 0.29) is 5.60 Å². The minimum atomic E-state index is 0.223. The van der Waals surface area contributed by atoms with Gasteiger partial charge in [0.05, 0.1) is 9.39 Å². The van der Waals surface area contributed by atoms with Crippen LogP contribution in [0.4, 0.5) is 0 Å². The molecule has 1 saturated carbocycles. The fraction of sp³-hybridized carbons (Fsp3) is 0.750. The van der Waals surface area contributed by atoms with Crippen LogP contribution >= 0.6 is 43.2 Å². The molecule has 0 aromatic carbocycles. The third kappa shape index (κ3) is 3.57. The van der Waals surface area contributed by atoms with E-state index in [2.05, 4.69) is 50.2 Å². The highest BCUT2D eigenvalue weighted by Gasteiger charge is 2.44. The van der Waals surface area contributed by atoms with E-state index in [9.17, 15) is 0 Å². The second-order valence-corrected chi connectivity index (χ2v) is 9.60. The number of hydrogen-bond acceptors (Lipinski definition) is 3. The molecule has 1 aromatic rings. The average molecular weight is 437 g/mol. The number of ether oxygens (including phenoxy) is 1. The van der Waals surface area contributed by atoms with Crippen molar-refractivity contribution in [3.63, 3.8) is 0 Å². The molecule has 0 bridgehead atoms. The summed E-state index contributed by atoms with van der Waals surface area (Å²) in [6.07, 6.45) is 7.45. The lowest BCUT2D eigenvalue weighted by Crippen LogP contribution is -2.48. The van der Waals surface area contributed by atoms with Crippen molar-refractivity contribution in [2.75, 3.05) is 13.2 Å². The molecule has 0 amide bonds. The molecule has 21 heavy (non-hydrogen) atoms. The third-order valence-electron chi connectivity index (χ3n) is 4.85. The van der Waals surface area contributed by atoms with Crippen LogP contribution in [0.3, 0.4) is 0 Å². The molecule has 2 unspecified atom stereocenters. The van der Waals surface area contributed by atoms with Crippen LogP contribution in [0.2, 0.25) is 0 Å². The molecule has 2 nitrogen and oxygen atoms in total. The van der Waals surface area contributed by atoms with Gasteiger partial charge in [-0.25, -0.2) is 0 Å². The molecule has 1 N–H and O–H groups in total. The monoisotopic (exact) mass is 435 g/mol. The van der Waals surface area contributed by atoms with Gasteiger partial charge >= 0.3 is 0 Å². The smallest absolute Gasteiger partial charge is 0.0843 e. The Kier molecular flexibility index (Phi) is 5.48. The van der Waals surface area contributed by atoms with Crippen molar-refractivity contribution in [3.05, 3.63) is 19.2 Å². The van der Waals surface area contributed by atoms with Crippen molar-refractivity contribution in [2.24, 2.45) is 5.92 Å². The molecule has 0 radical (unpaired) electrons. The van der Waals surface area contributed by atoms with Gasteiger partial charge in [-0.2, -0.15) is 0 Å². The topological polar surface area (TPSA) is 21.3 Å². The molecule has 3 rings (SSSR count). The minimum absolute atomic E-state index is 0.223. The first-order valence-electron chi connectivity index (χ1n) is 7.95. The van der Waals surface area contributed by atoms with Gasteiger partial charge < -0.3 is 10.1 Å². The van der Waals surface area contributed by atoms with E-state index in [4.69, 9.17) is 4.74 Å². The highest BCUT2D eigenvalue weighted by Crippen LogP contribution is 2.48. The van der Waals surface area contributed by atoms with Crippen molar-refractivity contribution >= 4 is 43.2 Å². The van der Waals surface area contributed by atoms with E-state index in [1.54, 1.807) is 0 Å². The number of halogens is 2. The number of nitrogens with one attached hydrogen (secondary N) is 1. The van der Waals surface area contributed by atoms with E-state index >= 15 is 0 Å². The number of hydrogen-bond donors (Lipinski definition) is 1. The van der Waals surface area contributed by atoms with Crippen LogP contribution in [-0.2, 0) is 4.74 Å². The van der Waals surface area contributed by atoms with E-state index in [0.717, 1.165) is 13.2 Å². The summed E-state index contributed by atoms with van der Waals surface area (Å²) in [6.45, 7) is 4.26. The largest absolute Gasteiger partial charge is 0.375 e. The predicted molar refractivity (Wildman–Crippen MR) is 96.0 cm³/mol. The molecule has 5 heteroatoms. The molecular formula is C16H23Br2NOS. The summed E-state index contributed by atoms with van der Waals surface area (Å²) in [5.74, 6) is 0.697. The number of thiophene rings is 1. The zero-order chi connectivity index (χ0) is 14.9. The van der Waals surface area contributed by atoms with Crippen molar-refractivity contribution in [1.82, 2.24) is 5.32 Å². The Morgan fingerprint density at radius 1 is 1.48 bits per heavy atom. The summed E-state index contributed by atoms with van der Waals surface area (Å²) in [5, 5.41) is 3.80. The summed E-state index contributed by atoms with van der Waals surface area (Å²) >= 11 is 9.14. The fourth-order valence-corrected chi connectivity index (χ4v) is 5.84. The quantitative estimate of drug-likeness (QED) is 0.642. The molecule has 1 aliphatic carbocycles. The summed E-state index contributed by atoms with van der Waals surface area (Å²) < 4.78 is 8.49.